The van der Waals surface area contributed by atoms with Crippen molar-refractivity contribution in [2.75, 3.05) is 0 Å². The summed E-state index contributed by atoms with van der Waals surface area (Å²) in [5.41, 5.74) is 1.06. The summed E-state index contributed by atoms with van der Waals surface area (Å²) in [6, 6.07) is 30.7. The van der Waals surface area contributed by atoms with E-state index in [0.29, 0.717) is 0 Å². The fourth-order valence-electron chi connectivity index (χ4n) is 4.47. The van der Waals surface area contributed by atoms with Gasteiger partial charge in [0, 0.05) is 0 Å². The van der Waals surface area contributed by atoms with Gasteiger partial charge in [0.25, 0.3) is 8.32 Å². The number of rotatable bonds is 6. The molecule has 1 heterocycles. The van der Waals surface area contributed by atoms with E-state index in [4.69, 9.17) is 44.0 Å². The van der Waals surface area contributed by atoms with Gasteiger partial charge in [0.05, 0.1) is 0 Å². The van der Waals surface area contributed by atoms with Gasteiger partial charge in [0.2, 0.25) is 3.79 Å². The Bertz CT molecular complexity index is 978. The molecule has 1 fully saturated rings. The van der Waals surface area contributed by atoms with Gasteiger partial charge in [-0.05, 0) is 21.0 Å². The molecule has 0 N–H and O–H groups in total. The molecule has 32 heavy (non-hydrogen) atoms. The standard InChI is InChI=1S/C26H27Cl3O2Si/c1-25(2,3)32(20-15-9-5-10-16-20,21-17-11-6-12-18-21)31-24(26(27,28)29)23-22(30-23)19-13-7-4-8-14-19/h4-18,22-24H,1-3H3/t22-,23+,24+/m0/s1. The van der Waals surface area contributed by atoms with Gasteiger partial charge >= 0.3 is 0 Å². The van der Waals surface area contributed by atoms with Gasteiger partial charge in [-0.25, -0.2) is 0 Å². The van der Waals surface area contributed by atoms with Crippen LogP contribution in [0.5, 0.6) is 0 Å². The minimum atomic E-state index is -2.91. The van der Waals surface area contributed by atoms with Gasteiger partial charge in [-0.1, -0.05) is 147 Å². The fourth-order valence-corrected chi connectivity index (χ4v) is 9.90. The molecule has 168 valence electrons. The molecular formula is C26H27Cl3O2Si. The van der Waals surface area contributed by atoms with E-state index in [2.05, 4.69) is 45.0 Å². The number of benzene rings is 3. The van der Waals surface area contributed by atoms with E-state index in [9.17, 15) is 0 Å². The summed E-state index contributed by atoms with van der Waals surface area (Å²) in [5.74, 6) is 0. The highest BCUT2D eigenvalue weighted by Gasteiger charge is 2.60. The minimum absolute atomic E-state index is 0.157. The first-order chi connectivity index (χ1) is 15.1. The Morgan fingerprint density at radius 1 is 0.750 bits per heavy atom. The van der Waals surface area contributed by atoms with Crippen LogP contribution in [-0.4, -0.2) is 24.3 Å². The lowest BCUT2D eigenvalue weighted by molar-refractivity contribution is 0.151. The first kappa shape index (κ1) is 23.8. The van der Waals surface area contributed by atoms with Crippen LogP contribution in [0, 0.1) is 0 Å². The molecule has 1 saturated heterocycles. The Labute approximate surface area is 206 Å². The van der Waals surface area contributed by atoms with Crippen molar-refractivity contribution < 1.29 is 9.16 Å². The lowest BCUT2D eigenvalue weighted by Gasteiger charge is -2.46. The number of ether oxygens (including phenoxy) is 1. The van der Waals surface area contributed by atoms with Crippen molar-refractivity contribution in [1.82, 2.24) is 0 Å². The van der Waals surface area contributed by atoms with E-state index in [1.165, 1.54) is 0 Å². The van der Waals surface area contributed by atoms with Crippen LogP contribution >= 0.6 is 34.8 Å². The zero-order chi connectivity index (χ0) is 23.0. The van der Waals surface area contributed by atoms with E-state index >= 15 is 0 Å². The quantitative estimate of drug-likeness (QED) is 0.218. The predicted molar refractivity (Wildman–Crippen MR) is 137 cm³/mol. The smallest absolute Gasteiger partial charge is 0.261 e. The number of hydrogen-bond donors (Lipinski definition) is 0. The number of halogens is 3. The number of hydrogen-bond acceptors (Lipinski definition) is 2. The predicted octanol–water partition coefficient (Wildman–Crippen LogP) is 6.44. The van der Waals surface area contributed by atoms with Crippen LogP contribution in [-0.2, 0) is 9.16 Å². The summed E-state index contributed by atoms with van der Waals surface area (Å²) in [6.07, 6.45) is -1.23. The van der Waals surface area contributed by atoms with Crippen molar-refractivity contribution in [2.24, 2.45) is 0 Å². The second kappa shape index (κ2) is 9.13. The van der Waals surface area contributed by atoms with Gasteiger partial charge in [0.1, 0.15) is 18.3 Å². The topological polar surface area (TPSA) is 21.8 Å². The van der Waals surface area contributed by atoms with Crippen molar-refractivity contribution in [3.8, 4) is 0 Å². The molecule has 1 aliphatic rings. The molecule has 0 amide bonds. The monoisotopic (exact) mass is 504 g/mol. The van der Waals surface area contributed by atoms with Crippen molar-refractivity contribution >= 4 is 53.5 Å². The maximum atomic E-state index is 7.13. The summed E-state index contributed by atoms with van der Waals surface area (Å²) >= 11 is 19.7. The molecular weight excluding hydrogens is 479 g/mol. The van der Waals surface area contributed by atoms with Crippen molar-refractivity contribution in [3.63, 3.8) is 0 Å². The number of epoxide rings is 1. The highest BCUT2D eigenvalue weighted by atomic mass is 35.6. The third-order valence-corrected chi connectivity index (χ3v) is 11.7. The maximum Gasteiger partial charge on any atom is 0.261 e. The molecule has 0 aliphatic carbocycles. The van der Waals surface area contributed by atoms with Crippen molar-refractivity contribution in [2.45, 2.75) is 47.9 Å². The van der Waals surface area contributed by atoms with E-state index in [0.717, 1.165) is 15.9 Å². The number of alkyl halides is 3. The lowest BCUT2D eigenvalue weighted by atomic mass is 10.1. The van der Waals surface area contributed by atoms with Gasteiger partial charge < -0.3 is 9.16 Å². The molecule has 4 rings (SSSR count). The summed E-state index contributed by atoms with van der Waals surface area (Å²) in [7, 11) is -2.91. The normalized spacial score (nSPS) is 20.1. The molecule has 3 aromatic carbocycles. The van der Waals surface area contributed by atoms with Crippen LogP contribution < -0.4 is 10.4 Å². The molecule has 6 heteroatoms. The highest BCUT2D eigenvalue weighted by Crippen LogP contribution is 2.51. The van der Waals surface area contributed by atoms with Crippen LogP contribution in [0.1, 0.15) is 32.4 Å². The molecule has 0 radical (unpaired) electrons. The third kappa shape index (κ3) is 4.65. The van der Waals surface area contributed by atoms with E-state index < -0.39 is 18.2 Å². The van der Waals surface area contributed by atoms with Crippen LogP contribution in [0.15, 0.2) is 91.0 Å². The Kier molecular flexibility index (Phi) is 6.80. The second-order valence-electron chi connectivity index (χ2n) is 9.18. The Hall–Kier alpha value is -1.33. The van der Waals surface area contributed by atoms with Gasteiger partial charge in [-0.2, -0.15) is 0 Å². The second-order valence-corrected chi connectivity index (χ2v) is 15.8. The highest BCUT2D eigenvalue weighted by molar-refractivity contribution is 6.99. The molecule has 0 bridgehead atoms. The fraction of sp³-hybridized carbons (Fsp3) is 0.308. The summed E-state index contributed by atoms with van der Waals surface area (Å²) in [4.78, 5) is 0. The summed E-state index contributed by atoms with van der Waals surface area (Å²) in [5, 5.41) is 2.03. The lowest BCUT2D eigenvalue weighted by Crippen LogP contribution is -2.69. The average molecular weight is 506 g/mol. The van der Waals surface area contributed by atoms with Crippen molar-refractivity contribution in [1.29, 1.82) is 0 Å². The molecule has 3 aromatic rings. The van der Waals surface area contributed by atoms with Crippen LogP contribution in [0.2, 0.25) is 5.04 Å². The Morgan fingerprint density at radius 3 is 1.59 bits per heavy atom. The first-order valence-electron chi connectivity index (χ1n) is 10.7. The van der Waals surface area contributed by atoms with Gasteiger partial charge in [0.15, 0.2) is 0 Å². The first-order valence-corrected chi connectivity index (χ1v) is 13.7. The average Bonchev–Trinajstić information content (AvgIpc) is 3.55. The van der Waals surface area contributed by atoms with Crippen molar-refractivity contribution in [3.05, 3.63) is 96.6 Å². The molecule has 0 spiro atoms. The molecule has 0 aromatic heterocycles. The molecule has 3 atom stereocenters. The molecule has 0 unspecified atom stereocenters. The summed E-state index contributed by atoms with van der Waals surface area (Å²) in [6.45, 7) is 6.62. The third-order valence-electron chi connectivity index (χ3n) is 6.00. The van der Waals surface area contributed by atoms with E-state index in [1.807, 2.05) is 66.7 Å². The SMILES string of the molecule is CC(C)(C)[Si](O[C@H]([C@@H]1O[C@H]1c1ccccc1)C(Cl)(Cl)Cl)(c1ccccc1)c1ccccc1. The van der Waals surface area contributed by atoms with Crippen LogP contribution in [0.25, 0.3) is 0 Å². The largest absolute Gasteiger partial charge is 0.397 e. The Morgan fingerprint density at radius 2 is 1.19 bits per heavy atom. The van der Waals surface area contributed by atoms with Gasteiger partial charge in [-0.15, -0.1) is 0 Å². The van der Waals surface area contributed by atoms with Gasteiger partial charge in [-0.3, -0.25) is 0 Å². The molecule has 1 aliphatic heterocycles. The summed E-state index contributed by atoms with van der Waals surface area (Å²) < 4.78 is 11.5. The van der Waals surface area contributed by atoms with E-state index in [-0.39, 0.29) is 17.2 Å². The van der Waals surface area contributed by atoms with E-state index in [1.54, 1.807) is 0 Å². The van der Waals surface area contributed by atoms with Crippen LogP contribution in [0.3, 0.4) is 0 Å². The molecule has 2 nitrogen and oxygen atoms in total. The minimum Gasteiger partial charge on any atom is -0.397 e. The maximum absolute atomic E-state index is 7.13. The van der Waals surface area contributed by atoms with Crippen LogP contribution in [0.4, 0.5) is 0 Å². The Balaban J connectivity index is 1.82. The zero-order valence-corrected chi connectivity index (χ0v) is 21.6. The zero-order valence-electron chi connectivity index (χ0n) is 18.3. The molecule has 0 saturated carbocycles.